The molecule has 1 aliphatic heterocycles. The first-order valence-corrected chi connectivity index (χ1v) is 12.2. The smallest absolute Gasteiger partial charge is 0.243 e. The molecule has 4 rings (SSSR count). The van der Waals surface area contributed by atoms with Crippen LogP contribution in [0.1, 0.15) is 38.3 Å². The molecule has 0 spiro atoms. The van der Waals surface area contributed by atoms with Crippen LogP contribution in [0.4, 0.5) is 0 Å². The molecule has 0 aliphatic carbocycles. The highest BCUT2D eigenvalue weighted by Crippen LogP contribution is 2.26. The number of fused-ring (bicyclic) bond motifs is 1. The zero-order valence-electron chi connectivity index (χ0n) is 18.0. The number of nitrogens with one attached hydrogen (secondary N) is 1. The van der Waals surface area contributed by atoms with E-state index in [1.54, 1.807) is 22.5 Å². The van der Waals surface area contributed by atoms with Gasteiger partial charge in [-0.15, -0.1) is 0 Å². The van der Waals surface area contributed by atoms with Crippen LogP contribution >= 0.6 is 0 Å². The topological polar surface area (TPSA) is 71.4 Å². The third-order valence-electron chi connectivity index (χ3n) is 6.11. The Morgan fingerprint density at radius 1 is 1.10 bits per heavy atom. The van der Waals surface area contributed by atoms with Crippen LogP contribution in [0.2, 0.25) is 0 Å². The van der Waals surface area contributed by atoms with Crippen molar-refractivity contribution in [3.05, 3.63) is 66.4 Å². The summed E-state index contributed by atoms with van der Waals surface area (Å²) in [5, 5.41) is 3.83. The average molecular weight is 440 g/mol. The van der Waals surface area contributed by atoms with Crippen molar-refractivity contribution in [2.24, 2.45) is 5.92 Å². The number of hydrogen-bond donors (Lipinski definition) is 1. The molecule has 2 aromatic carbocycles. The normalized spacial score (nSPS) is 17.0. The van der Waals surface area contributed by atoms with Crippen molar-refractivity contribution in [1.29, 1.82) is 0 Å². The van der Waals surface area contributed by atoms with Gasteiger partial charge in [-0.25, -0.2) is 8.42 Å². The van der Waals surface area contributed by atoms with Gasteiger partial charge in [0.25, 0.3) is 0 Å². The number of nitrogens with zero attached hydrogens (tertiary/aromatic N) is 2. The summed E-state index contributed by atoms with van der Waals surface area (Å²) in [6.45, 7) is 5.44. The molecule has 1 aliphatic rings. The van der Waals surface area contributed by atoms with E-state index in [2.05, 4.69) is 12.2 Å². The molecule has 3 aromatic rings. The fourth-order valence-corrected chi connectivity index (χ4v) is 5.62. The maximum absolute atomic E-state index is 13.0. The Hall–Kier alpha value is -2.64. The predicted octanol–water partition coefficient (Wildman–Crippen LogP) is 3.94. The maximum atomic E-state index is 13.0. The molecular weight excluding hydrogens is 410 g/mol. The molecule has 1 fully saturated rings. The Kier molecular flexibility index (Phi) is 6.16. The van der Waals surface area contributed by atoms with Crippen LogP contribution in [-0.4, -0.2) is 36.3 Å². The second-order valence-electron chi connectivity index (χ2n) is 8.45. The molecule has 31 heavy (non-hydrogen) atoms. The van der Waals surface area contributed by atoms with Gasteiger partial charge in [-0.1, -0.05) is 37.3 Å². The van der Waals surface area contributed by atoms with Crippen molar-refractivity contribution in [3.63, 3.8) is 0 Å². The number of sulfonamides is 1. The van der Waals surface area contributed by atoms with E-state index in [1.807, 2.05) is 54.1 Å². The summed E-state index contributed by atoms with van der Waals surface area (Å²) in [7, 11) is -3.49. The van der Waals surface area contributed by atoms with Gasteiger partial charge < -0.3 is 9.88 Å². The summed E-state index contributed by atoms with van der Waals surface area (Å²) in [4.78, 5) is 12.9. The molecule has 0 radical (unpaired) electrons. The number of amides is 1. The Bertz CT molecular complexity index is 1160. The zero-order chi connectivity index (χ0) is 22.0. The van der Waals surface area contributed by atoms with Gasteiger partial charge in [0, 0.05) is 30.2 Å². The minimum atomic E-state index is -3.49. The van der Waals surface area contributed by atoms with Crippen LogP contribution in [0.25, 0.3) is 10.9 Å². The molecule has 1 N–H and O–H groups in total. The first-order chi connectivity index (χ1) is 14.8. The lowest BCUT2D eigenvalue weighted by molar-refractivity contribution is -0.122. The van der Waals surface area contributed by atoms with Gasteiger partial charge >= 0.3 is 0 Å². The minimum absolute atomic E-state index is 0.0838. The number of rotatable bonds is 6. The number of piperidine rings is 1. The number of aromatic nitrogens is 1. The molecule has 164 valence electrons. The van der Waals surface area contributed by atoms with Crippen molar-refractivity contribution in [2.75, 3.05) is 13.1 Å². The Morgan fingerprint density at radius 3 is 2.52 bits per heavy atom. The number of carbonyl (C=O) groups excluding carboxylic acids is 1. The highest BCUT2D eigenvalue weighted by Gasteiger charge is 2.28. The summed E-state index contributed by atoms with van der Waals surface area (Å²) in [5.74, 6) is 0.478. The molecule has 1 unspecified atom stereocenters. The molecule has 7 heteroatoms. The zero-order valence-corrected chi connectivity index (χ0v) is 18.8. The molecule has 6 nitrogen and oxygen atoms in total. The highest BCUT2D eigenvalue weighted by molar-refractivity contribution is 7.89. The number of benzene rings is 2. The fourth-order valence-electron chi connectivity index (χ4n) is 4.12. The molecule has 0 saturated carbocycles. The predicted molar refractivity (Wildman–Crippen MR) is 122 cm³/mol. The van der Waals surface area contributed by atoms with E-state index >= 15 is 0 Å². The van der Waals surface area contributed by atoms with Gasteiger partial charge in [0.15, 0.2) is 0 Å². The number of hydrogen-bond acceptors (Lipinski definition) is 3. The molecule has 1 aromatic heterocycles. The van der Waals surface area contributed by atoms with E-state index in [4.69, 9.17) is 0 Å². The van der Waals surface area contributed by atoms with Crippen LogP contribution in [0.15, 0.2) is 65.7 Å². The molecule has 1 atom stereocenters. The van der Waals surface area contributed by atoms with E-state index in [-0.39, 0.29) is 18.5 Å². The van der Waals surface area contributed by atoms with Crippen molar-refractivity contribution in [3.8, 4) is 0 Å². The van der Waals surface area contributed by atoms with Gasteiger partial charge in [-0.05, 0) is 55.5 Å². The van der Waals surface area contributed by atoms with Gasteiger partial charge in [0.1, 0.15) is 6.54 Å². The monoisotopic (exact) mass is 439 g/mol. The van der Waals surface area contributed by atoms with Gasteiger partial charge in [-0.3, -0.25) is 4.79 Å². The van der Waals surface area contributed by atoms with E-state index in [9.17, 15) is 13.2 Å². The summed E-state index contributed by atoms with van der Waals surface area (Å²) in [6, 6.07) is 16.8. The quantitative estimate of drug-likeness (QED) is 0.632. The molecule has 1 saturated heterocycles. The second kappa shape index (κ2) is 8.85. The highest BCUT2D eigenvalue weighted by atomic mass is 32.2. The van der Waals surface area contributed by atoms with E-state index in [0.717, 1.165) is 29.3 Å². The average Bonchev–Trinajstić information content (AvgIpc) is 3.16. The lowest BCUT2D eigenvalue weighted by atomic mass is 10.0. The summed E-state index contributed by atoms with van der Waals surface area (Å²) in [5.41, 5.74) is 1.89. The van der Waals surface area contributed by atoms with Gasteiger partial charge in [-0.2, -0.15) is 4.31 Å². The van der Waals surface area contributed by atoms with E-state index in [1.165, 1.54) is 0 Å². The third-order valence-corrected chi connectivity index (χ3v) is 8.01. The Balaban J connectivity index is 1.48. The summed E-state index contributed by atoms with van der Waals surface area (Å²) < 4.78 is 29.5. The lowest BCUT2D eigenvalue weighted by Gasteiger charge is -2.29. The van der Waals surface area contributed by atoms with Crippen LogP contribution in [0, 0.1) is 5.92 Å². The fraction of sp³-hybridized carbons (Fsp3) is 0.375. The van der Waals surface area contributed by atoms with Crippen LogP contribution < -0.4 is 5.32 Å². The van der Waals surface area contributed by atoms with Crippen LogP contribution in [0.3, 0.4) is 0 Å². The molecule has 0 bridgehead atoms. The first-order valence-electron chi connectivity index (χ1n) is 10.8. The van der Waals surface area contributed by atoms with Crippen LogP contribution in [-0.2, 0) is 21.4 Å². The molecule has 2 heterocycles. The Labute approximate surface area is 183 Å². The summed E-state index contributed by atoms with van der Waals surface area (Å²) >= 11 is 0. The van der Waals surface area contributed by atoms with Crippen LogP contribution in [0.5, 0.6) is 0 Å². The number of carbonyl (C=O) groups is 1. The minimum Gasteiger partial charge on any atom is -0.348 e. The second-order valence-corrected chi connectivity index (χ2v) is 10.4. The van der Waals surface area contributed by atoms with Gasteiger partial charge in [0.2, 0.25) is 15.9 Å². The lowest BCUT2D eigenvalue weighted by Crippen LogP contribution is -2.37. The van der Waals surface area contributed by atoms with E-state index < -0.39 is 10.0 Å². The Morgan fingerprint density at radius 2 is 1.81 bits per heavy atom. The third kappa shape index (κ3) is 4.67. The largest absolute Gasteiger partial charge is 0.348 e. The molecule has 1 amide bonds. The maximum Gasteiger partial charge on any atom is 0.243 e. The standard InChI is InChI=1S/C24H29N3O3S/c1-18-10-14-27(15-11-18)31(29,30)22-8-9-23-21(16-22)12-13-26(23)17-24(28)25-19(2)20-6-4-3-5-7-20/h3-9,12-13,16,18-19H,10-11,14-15,17H2,1-2H3,(H,25,28). The van der Waals surface area contributed by atoms with Crippen molar-refractivity contribution >= 4 is 26.8 Å². The van der Waals surface area contributed by atoms with Crippen molar-refractivity contribution in [1.82, 2.24) is 14.2 Å². The first kappa shape index (κ1) is 21.6. The van der Waals surface area contributed by atoms with Gasteiger partial charge in [0.05, 0.1) is 10.9 Å². The van der Waals surface area contributed by atoms with E-state index in [0.29, 0.717) is 23.9 Å². The van der Waals surface area contributed by atoms with Crippen molar-refractivity contribution in [2.45, 2.75) is 44.2 Å². The molecular formula is C24H29N3O3S. The SMILES string of the molecule is CC1CCN(S(=O)(=O)c2ccc3c(ccn3CC(=O)NC(C)c3ccccc3)c2)CC1. The van der Waals surface area contributed by atoms with Crippen molar-refractivity contribution < 1.29 is 13.2 Å². The summed E-state index contributed by atoms with van der Waals surface area (Å²) in [6.07, 6.45) is 3.62.